The van der Waals surface area contributed by atoms with E-state index in [1.54, 1.807) is 0 Å². The van der Waals surface area contributed by atoms with E-state index in [0.717, 1.165) is 16.3 Å². The second-order valence-corrected chi connectivity index (χ2v) is 7.98. The van der Waals surface area contributed by atoms with E-state index in [4.69, 9.17) is 11.6 Å². The monoisotopic (exact) mass is 405 g/mol. The third kappa shape index (κ3) is 4.29. The van der Waals surface area contributed by atoms with Crippen molar-refractivity contribution in [1.82, 2.24) is 13.9 Å². The van der Waals surface area contributed by atoms with Crippen molar-refractivity contribution in [3.8, 4) is 0 Å². The van der Waals surface area contributed by atoms with Crippen molar-refractivity contribution in [3.63, 3.8) is 0 Å². The van der Waals surface area contributed by atoms with Crippen molar-refractivity contribution in [2.45, 2.75) is 18.0 Å². The van der Waals surface area contributed by atoms with Gasteiger partial charge in [-0.1, -0.05) is 41.9 Å². The van der Waals surface area contributed by atoms with Gasteiger partial charge in [0.25, 0.3) is 10.0 Å². The molecule has 0 radical (unpaired) electrons. The van der Waals surface area contributed by atoms with Gasteiger partial charge in [0.15, 0.2) is 0 Å². The van der Waals surface area contributed by atoms with Gasteiger partial charge in [-0.05, 0) is 29.8 Å². The number of halogens is 1. The molecule has 1 heterocycles. The number of hydrogen-bond donors (Lipinski definition) is 1. The minimum Gasteiger partial charge on any atom is -0.350 e. The highest BCUT2D eigenvalue weighted by Crippen LogP contribution is 2.15. The third-order valence-electron chi connectivity index (χ3n) is 3.83. The second-order valence-electron chi connectivity index (χ2n) is 5.73. The van der Waals surface area contributed by atoms with Crippen molar-refractivity contribution in [1.29, 1.82) is 0 Å². The molecule has 1 N–H and O–H groups in total. The Kier molecular flexibility index (Phi) is 5.48. The lowest BCUT2D eigenvalue weighted by molar-refractivity contribution is -0.121. The molecule has 0 aliphatic heterocycles. The first-order chi connectivity index (χ1) is 12.9. The first kappa shape index (κ1) is 18.9. The molecule has 0 saturated heterocycles. The van der Waals surface area contributed by atoms with Crippen LogP contribution in [0.1, 0.15) is 5.56 Å². The highest BCUT2D eigenvalue weighted by molar-refractivity contribution is 7.90. The van der Waals surface area contributed by atoms with Crippen LogP contribution in [0.25, 0.3) is 0 Å². The van der Waals surface area contributed by atoms with E-state index in [2.05, 4.69) is 5.32 Å². The molecule has 0 aliphatic carbocycles. The molecule has 9 heteroatoms. The van der Waals surface area contributed by atoms with Gasteiger partial charge in [-0.2, -0.15) is 3.97 Å². The summed E-state index contributed by atoms with van der Waals surface area (Å²) in [6, 6.07) is 14.8. The first-order valence-electron chi connectivity index (χ1n) is 7.97. The van der Waals surface area contributed by atoms with Crippen molar-refractivity contribution in [2.75, 3.05) is 0 Å². The average molecular weight is 406 g/mol. The van der Waals surface area contributed by atoms with E-state index in [0.29, 0.717) is 15.5 Å². The van der Waals surface area contributed by atoms with Gasteiger partial charge in [0.1, 0.15) is 6.54 Å². The number of aromatic nitrogens is 2. The number of carbonyl (C=O) groups is 1. The van der Waals surface area contributed by atoms with E-state index < -0.39 is 21.6 Å². The number of carbonyl (C=O) groups excluding carboxylic acids is 1. The number of amides is 1. The van der Waals surface area contributed by atoms with Crippen LogP contribution in [0.5, 0.6) is 0 Å². The smallest absolute Gasteiger partial charge is 0.342 e. The highest BCUT2D eigenvalue weighted by Gasteiger charge is 2.21. The van der Waals surface area contributed by atoms with Gasteiger partial charge in [-0.3, -0.25) is 9.36 Å². The third-order valence-corrected chi connectivity index (χ3v) is 5.75. The molecule has 3 rings (SSSR count). The number of benzene rings is 2. The largest absolute Gasteiger partial charge is 0.350 e. The van der Waals surface area contributed by atoms with Crippen LogP contribution in [-0.4, -0.2) is 22.9 Å². The zero-order valence-corrected chi connectivity index (χ0v) is 15.7. The van der Waals surface area contributed by atoms with E-state index in [9.17, 15) is 18.0 Å². The van der Waals surface area contributed by atoms with Crippen LogP contribution in [0.4, 0.5) is 0 Å². The maximum Gasteiger partial charge on any atom is 0.342 e. The van der Waals surface area contributed by atoms with Crippen LogP contribution < -0.4 is 11.0 Å². The van der Waals surface area contributed by atoms with Gasteiger partial charge in [0.2, 0.25) is 5.91 Å². The Morgan fingerprint density at radius 3 is 2.33 bits per heavy atom. The van der Waals surface area contributed by atoms with Crippen LogP contribution in [-0.2, 0) is 27.9 Å². The summed E-state index contributed by atoms with van der Waals surface area (Å²) in [5, 5.41) is 3.07. The molecule has 140 valence electrons. The zero-order chi connectivity index (χ0) is 19.4. The standard InChI is InChI=1S/C18H16ClN3O4S/c19-15-6-8-16(9-7-15)27(25,26)22-11-10-21(18(22)24)13-17(23)20-12-14-4-2-1-3-5-14/h1-11H,12-13H2,(H,20,23). The van der Waals surface area contributed by atoms with Gasteiger partial charge < -0.3 is 5.32 Å². The highest BCUT2D eigenvalue weighted by atomic mass is 35.5. The summed E-state index contributed by atoms with van der Waals surface area (Å²) in [7, 11) is -4.06. The predicted octanol–water partition coefficient (Wildman–Crippen LogP) is 1.86. The topological polar surface area (TPSA) is 90.2 Å². The Morgan fingerprint density at radius 2 is 1.67 bits per heavy atom. The molecule has 0 unspecified atom stereocenters. The second kappa shape index (κ2) is 7.81. The van der Waals surface area contributed by atoms with E-state index in [1.165, 1.54) is 30.5 Å². The number of nitrogens with zero attached hydrogens (tertiary/aromatic N) is 2. The maximum atomic E-state index is 12.6. The Morgan fingerprint density at radius 1 is 1.00 bits per heavy atom. The van der Waals surface area contributed by atoms with Gasteiger partial charge in [-0.15, -0.1) is 0 Å². The lowest BCUT2D eigenvalue weighted by Gasteiger charge is -2.06. The van der Waals surface area contributed by atoms with Gasteiger partial charge in [-0.25, -0.2) is 13.2 Å². The molecule has 1 aromatic heterocycles. The summed E-state index contributed by atoms with van der Waals surface area (Å²) in [6.45, 7) is 0.0347. The van der Waals surface area contributed by atoms with Gasteiger partial charge in [0.05, 0.1) is 4.90 Å². The molecule has 27 heavy (non-hydrogen) atoms. The fourth-order valence-corrected chi connectivity index (χ4v) is 3.78. The van der Waals surface area contributed by atoms with Gasteiger partial charge >= 0.3 is 5.69 Å². The molecule has 7 nitrogen and oxygen atoms in total. The van der Waals surface area contributed by atoms with Crippen LogP contribution in [0.2, 0.25) is 5.02 Å². The SMILES string of the molecule is O=C(Cn1ccn(S(=O)(=O)c2ccc(Cl)cc2)c1=O)NCc1ccccc1. The van der Waals surface area contributed by atoms with Crippen LogP contribution >= 0.6 is 11.6 Å². The lowest BCUT2D eigenvalue weighted by Crippen LogP contribution is -2.34. The van der Waals surface area contributed by atoms with Crippen molar-refractivity contribution < 1.29 is 13.2 Å². The fourth-order valence-electron chi connectivity index (χ4n) is 2.43. The molecule has 0 atom stereocenters. The predicted molar refractivity (Wildman–Crippen MR) is 101 cm³/mol. The minimum atomic E-state index is -4.06. The Balaban J connectivity index is 1.74. The van der Waals surface area contributed by atoms with Gasteiger partial charge in [0, 0.05) is 24.0 Å². The van der Waals surface area contributed by atoms with Crippen molar-refractivity contribution in [3.05, 3.63) is 88.1 Å². The van der Waals surface area contributed by atoms with Crippen LogP contribution in [0.15, 0.2) is 76.7 Å². The van der Waals surface area contributed by atoms with Crippen molar-refractivity contribution in [2.24, 2.45) is 0 Å². The molecule has 0 saturated carbocycles. The van der Waals surface area contributed by atoms with E-state index in [1.807, 2.05) is 30.3 Å². The molecule has 2 aromatic carbocycles. The van der Waals surface area contributed by atoms with Crippen molar-refractivity contribution >= 4 is 27.5 Å². The number of imidazole rings is 1. The normalized spacial score (nSPS) is 11.3. The molecular weight excluding hydrogens is 390 g/mol. The zero-order valence-electron chi connectivity index (χ0n) is 14.1. The van der Waals surface area contributed by atoms with Crippen LogP contribution in [0.3, 0.4) is 0 Å². The molecule has 3 aromatic rings. The summed E-state index contributed by atoms with van der Waals surface area (Å²) in [5.41, 5.74) is 0.0981. The Labute approximate surface area is 160 Å². The van der Waals surface area contributed by atoms with Crippen LogP contribution in [0, 0.1) is 0 Å². The molecule has 0 spiro atoms. The average Bonchev–Trinajstić information content (AvgIpc) is 3.02. The molecule has 0 bridgehead atoms. The molecule has 1 amide bonds. The molecule has 0 fully saturated rings. The van der Waals surface area contributed by atoms with E-state index in [-0.39, 0.29) is 11.4 Å². The number of rotatable bonds is 6. The first-order valence-corrected chi connectivity index (χ1v) is 9.79. The molecule has 0 aliphatic rings. The summed E-state index contributed by atoms with van der Waals surface area (Å²) in [6.07, 6.45) is 2.38. The lowest BCUT2D eigenvalue weighted by atomic mass is 10.2. The summed E-state index contributed by atoms with van der Waals surface area (Å²) in [5.74, 6) is -0.400. The van der Waals surface area contributed by atoms with E-state index >= 15 is 0 Å². The minimum absolute atomic E-state index is 0.0692. The summed E-state index contributed by atoms with van der Waals surface area (Å²) < 4.78 is 26.8. The fraction of sp³-hybridized carbons (Fsp3) is 0.111. The summed E-state index contributed by atoms with van der Waals surface area (Å²) >= 11 is 5.76. The number of hydrogen-bond acceptors (Lipinski definition) is 4. The summed E-state index contributed by atoms with van der Waals surface area (Å²) in [4.78, 5) is 24.4. The Bertz CT molecular complexity index is 1100. The number of nitrogens with one attached hydrogen (secondary N) is 1. The quantitative estimate of drug-likeness (QED) is 0.677. The Hall–Kier alpha value is -2.84. The molecular formula is C18H16ClN3O4S. The maximum absolute atomic E-state index is 12.6.